The predicted molar refractivity (Wildman–Crippen MR) is 75.9 cm³/mol. The number of carboxylic acid groups (broad SMARTS) is 1. The highest BCUT2D eigenvalue weighted by Gasteiger charge is 2.21. The molecule has 0 aliphatic rings. The van der Waals surface area contributed by atoms with Gasteiger partial charge in [0, 0.05) is 10.9 Å². The summed E-state index contributed by atoms with van der Waals surface area (Å²) in [5.41, 5.74) is 2.68. The Balaban J connectivity index is 2.71. The maximum absolute atomic E-state index is 11.3. The molecule has 0 saturated heterocycles. The standard InChI is InChI=1S/C16H20O3/c1-4-7-12-13-9-6-8-11(10(3)5-2)14(13)19-15(12)16(17)18/h6,8-10H,4-5,7H2,1-3H3,(H,17,18). The molecule has 0 fully saturated rings. The Morgan fingerprint density at radius 3 is 2.68 bits per heavy atom. The van der Waals surface area contributed by atoms with Gasteiger partial charge in [-0.15, -0.1) is 0 Å². The summed E-state index contributed by atoms with van der Waals surface area (Å²) >= 11 is 0. The third-order valence-electron chi connectivity index (χ3n) is 3.69. The van der Waals surface area contributed by atoms with Gasteiger partial charge in [-0.1, -0.05) is 45.4 Å². The summed E-state index contributed by atoms with van der Waals surface area (Å²) in [7, 11) is 0. The first-order chi connectivity index (χ1) is 9.10. The number of furan rings is 1. The molecular formula is C16H20O3. The average molecular weight is 260 g/mol. The molecule has 1 unspecified atom stereocenters. The zero-order valence-electron chi connectivity index (χ0n) is 11.7. The van der Waals surface area contributed by atoms with Crippen molar-refractivity contribution < 1.29 is 14.3 Å². The fraction of sp³-hybridized carbons (Fsp3) is 0.438. The molecular weight excluding hydrogens is 240 g/mol. The van der Waals surface area contributed by atoms with Gasteiger partial charge in [-0.3, -0.25) is 0 Å². The van der Waals surface area contributed by atoms with Crippen molar-refractivity contribution in [3.05, 3.63) is 35.1 Å². The Kier molecular flexibility index (Phi) is 3.93. The first kappa shape index (κ1) is 13.7. The predicted octanol–water partition coefficient (Wildman–Crippen LogP) is 4.60. The summed E-state index contributed by atoms with van der Waals surface area (Å²) in [4.78, 5) is 11.3. The molecule has 0 radical (unpaired) electrons. The van der Waals surface area contributed by atoms with Gasteiger partial charge in [0.25, 0.3) is 0 Å². The van der Waals surface area contributed by atoms with Crippen LogP contribution in [0.2, 0.25) is 0 Å². The van der Waals surface area contributed by atoms with E-state index in [1.54, 1.807) is 0 Å². The molecule has 2 aromatic rings. The number of carboxylic acids is 1. The van der Waals surface area contributed by atoms with E-state index in [4.69, 9.17) is 4.42 Å². The van der Waals surface area contributed by atoms with Crippen molar-refractivity contribution in [3.63, 3.8) is 0 Å². The van der Waals surface area contributed by atoms with Gasteiger partial charge in [-0.25, -0.2) is 4.79 Å². The van der Waals surface area contributed by atoms with E-state index >= 15 is 0 Å². The van der Waals surface area contributed by atoms with Gasteiger partial charge in [0.2, 0.25) is 5.76 Å². The molecule has 3 nitrogen and oxygen atoms in total. The summed E-state index contributed by atoms with van der Waals surface area (Å²) in [6.07, 6.45) is 2.65. The number of aryl methyl sites for hydroxylation is 1. The van der Waals surface area contributed by atoms with Gasteiger partial charge in [-0.05, 0) is 24.3 Å². The van der Waals surface area contributed by atoms with Crippen molar-refractivity contribution in [3.8, 4) is 0 Å². The molecule has 1 heterocycles. The Labute approximate surface area is 113 Å². The van der Waals surface area contributed by atoms with E-state index in [0.717, 1.165) is 41.4 Å². The van der Waals surface area contributed by atoms with Crippen molar-refractivity contribution in [2.75, 3.05) is 0 Å². The van der Waals surface area contributed by atoms with E-state index in [1.807, 2.05) is 25.1 Å². The van der Waals surface area contributed by atoms with Gasteiger partial charge < -0.3 is 9.52 Å². The summed E-state index contributed by atoms with van der Waals surface area (Å²) in [5, 5.41) is 10.2. The maximum atomic E-state index is 11.3. The lowest BCUT2D eigenvalue weighted by Crippen LogP contribution is -1.98. The largest absolute Gasteiger partial charge is 0.475 e. The van der Waals surface area contributed by atoms with Crippen LogP contribution in [-0.4, -0.2) is 11.1 Å². The Hall–Kier alpha value is -1.77. The fourth-order valence-corrected chi connectivity index (χ4v) is 2.47. The molecule has 1 atom stereocenters. The van der Waals surface area contributed by atoms with E-state index in [2.05, 4.69) is 13.8 Å². The molecule has 0 bridgehead atoms. The van der Waals surface area contributed by atoms with Crippen molar-refractivity contribution in [2.24, 2.45) is 0 Å². The minimum Gasteiger partial charge on any atom is -0.475 e. The number of hydrogen-bond donors (Lipinski definition) is 1. The number of para-hydroxylation sites is 1. The number of hydrogen-bond acceptors (Lipinski definition) is 2. The topological polar surface area (TPSA) is 50.4 Å². The molecule has 0 spiro atoms. The first-order valence-electron chi connectivity index (χ1n) is 6.87. The van der Waals surface area contributed by atoms with E-state index in [1.165, 1.54) is 0 Å². The van der Waals surface area contributed by atoms with Gasteiger partial charge in [-0.2, -0.15) is 0 Å². The van der Waals surface area contributed by atoms with Crippen molar-refractivity contribution in [2.45, 2.75) is 46.0 Å². The van der Waals surface area contributed by atoms with Crippen LogP contribution in [0.3, 0.4) is 0 Å². The van der Waals surface area contributed by atoms with Gasteiger partial charge in [0.1, 0.15) is 5.58 Å². The molecule has 2 rings (SSSR count). The second-order valence-electron chi connectivity index (χ2n) is 5.00. The molecule has 102 valence electrons. The van der Waals surface area contributed by atoms with Crippen molar-refractivity contribution in [1.82, 2.24) is 0 Å². The number of fused-ring (bicyclic) bond motifs is 1. The Bertz CT molecular complexity index is 595. The second-order valence-corrected chi connectivity index (χ2v) is 5.00. The van der Waals surface area contributed by atoms with Gasteiger partial charge in [0.05, 0.1) is 0 Å². The number of carbonyl (C=O) groups is 1. The van der Waals surface area contributed by atoms with Crippen LogP contribution in [-0.2, 0) is 6.42 Å². The van der Waals surface area contributed by atoms with Crippen molar-refractivity contribution >= 4 is 16.9 Å². The quantitative estimate of drug-likeness (QED) is 0.854. The van der Waals surface area contributed by atoms with Crippen LogP contribution in [0.5, 0.6) is 0 Å². The average Bonchev–Trinajstić information content (AvgIpc) is 2.77. The maximum Gasteiger partial charge on any atom is 0.372 e. The smallest absolute Gasteiger partial charge is 0.372 e. The minimum atomic E-state index is -0.977. The molecule has 0 aliphatic heterocycles. The highest BCUT2D eigenvalue weighted by atomic mass is 16.4. The minimum absolute atomic E-state index is 0.104. The van der Waals surface area contributed by atoms with Crippen molar-refractivity contribution in [1.29, 1.82) is 0 Å². The van der Waals surface area contributed by atoms with E-state index in [-0.39, 0.29) is 5.76 Å². The molecule has 0 aliphatic carbocycles. The fourth-order valence-electron chi connectivity index (χ4n) is 2.47. The zero-order chi connectivity index (χ0) is 14.0. The Morgan fingerprint density at radius 1 is 1.37 bits per heavy atom. The molecule has 1 aromatic carbocycles. The highest BCUT2D eigenvalue weighted by Crippen LogP contribution is 2.33. The first-order valence-corrected chi connectivity index (χ1v) is 6.87. The van der Waals surface area contributed by atoms with E-state index in [9.17, 15) is 9.90 Å². The lowest BCUT2D eigenvalue weighted by atomic mass is 9.95. The molecule has 19 heavy (non-hydrogen) atoms. The normalized spacial score (nSPS) is 12.8. The lowest BCUT2D eigenvalue weighted by Gasteiger charge is -2.08. The van der Waals surface area contributed by atoms with Gasteiger partial charge in [0.15, 0.2) is 0 Å². The number of benzene rings is 1. The molecule has 1 N–H and O–H groups in total. The molecule has 0 saturated carbocycles. The zero-order valence-corrected chi connectivity index (χ0v) is 11.7. The molecule has 0 amide bonds. The van der Waals surface area contributed by atoms with Gasteiger partial charge >= 0.3 is 5.97 Å². The third-order valence-corrected chi connectivity index (χ3v) is 3.69. The van der Waals surface area contributed by atoms with Crippen LogP contribution in [0.15, 0.2) is 22.6 Å². The monoisotopic (exact) mass is 260 g/mol. The van der Waals surface area contributed by atoms with Crippen LogP contribution in [0.25, 0.3) is 11.0 Å². The number of aromatic carboxylic acids is 1. The SMILES string of the molecule is CCCc1c(C(=O)O)oc2c(C(C)CC)cccc12. The second kappa shape index (κ2) is 5.47. The summed E-state index contributed by atoms with van der Waals surface area (Å²) < 4.78 is 5.67. The third kappa shape index (κ3) is 2.37. The molecule has 3 heteroatoms. The highest BCUT2D eigenvalue weighted by molar-refractivity contribution is 5.96. The summed E-state index contributed by atoms with van der Waals surface area (Å²) in [5.74, 6) is -0.506. The summed E-state index contributed by atoms with van der Waals surface area (Å²) in [6.45, 7) is 6.30. The molecule has 1 aromatic heterocycles. The number of rotatable bonds is 5. The lowest BCUT2D eigenvalue weighted by molar-refractivity contribution is 0.0663. The van der Waals surface area contributed by atoms with E-state index < -0.39 is 5.97 Å². The van der Waals surface area contributed by atoms with E-state index in [0.29, 0.717) is 5.92 Å². The summed E-state index contributed by atoms with van der Waals surface area (Å²) in [6, 6.07) is 5.98. The van der Waals surface area contributed by atoms with Crippen LogP contribution in [0, 0.1) is 0 Å². The Morgan fingerprint density at radius 2 is 2.11 bits per heavy atom. The van der Waals surface area contributed by atoms with Crippen LogP contribution >= 0.6 is 0 Å². The van der Waals surface area contributed by atoms with Crippen LogP contribution < -0.4 is 0 Å². The van der Waals surface area contributed by atoms with Crippen LogP contribution in [0.4, 0.5) is 0 Å². The van der Waals surface area contributed by atoms with Crippen LogP contribution in [0.1, 0.15) is 61.2 Å².